The normalized spacial score (nSPS) is 16.4. The summed E-state index contributed by atoms with van der Waals surface area (Å²) in [4.78, 5) is 17.0. The van der Waals surface area contributed by atoms with Crippen molar-refractivity contribution in [2.45, 2.75) is 39.2 Å². The molecule has 0 amide bonds. The Balaban J connectivity index is 1.92. The van der Waals surface area contributed by atoms with Gasteiger partial charge in [0.05, 0.1) is 12.2 Å². The third-order valence-corrected chi connectivity index (χ3v) is 4.43. The van der Waals surface area contributed by atoms with Crippen LogP contribution in [0.1, 0.15) is 44.7 Å². The molecule has 0 bridgehead atoms. The number of ether oxygens (including phenoxy) is 1. The van der Waals surface area contributed by atoms with Crippen molar-refractivity contribution >= 4 is 23.5 Å². The number of halogens is 1. The predicted molar refractivity (Wildman–Crippen MR) is 96.4 cm³/mol. The number of fused-ring (bicyclic) bond motifs is 1. The Morgan fingerprint density at radius 1 is 1.32 bits per heavy atom. The lowest BCUT2D eigenvalue weighted by atomic mass is 9.96. The molecule has 1 aromatic carbocycles. The maximum atomic E-state index is 12.7. The fourth-order valence-electron chi connectivity index (χ4n) is 2.90. The van der Waals surface area contributed by atoms with E-state index in [1.54, 1.807) is 16.8 Å². The fraction of sp³-hybridized carbons (Fsp3) is 0.389. The molecule has 0 fully saturated rings. The number of rotatable bonds is 6. The Morgan fingerprint density at radius 3 is 2.80 bits per heavy atom. The number of nitrogens with one attached hydrogen (secondary N) is 1. The molecule has 3 rings (SSSR count). The van der Waals surface area contributed by atoms with Crippen molar-refractivity contribution in [3.05, 3.63) is 52.4 Å². The van der Waals surface area contributed by atoms with Gasteiger partial charge < -0.3 is 10.1 Å². The van der Waals surface area contributed by atoms with Crippen LogP contribution in [-0.4, -0.2) is 27.3 Å². The van der Waals surface area contributed by atoms with Gasteiger partial charge in [-0.1, -0.05) is 43.5 Å². The van der Waals surface area contributed by atoms with E-state index in [1.165, 1.54) is 6.33 Å². The summed E-state index contributed by atoms with van der Waals surface area (Å²) in [5, 5.41) is 8.05. The average Bonchev–Trinajstić information content (AvgIpc) is 3.06. The summed E-state index contributed by atoms with van der Waals surface area (Å²) in [6.45, 7) is 4.38. The topological polar surface area (TPSA) is 69.0 Å². The molecule has 0 unspecified atom stereocenters. The molecule has 6 nitrogen and oxygen atoms in total. The summed E-state index contributed by atoms with van der Waals surface area (Å²) in [5.74, 6) is 0.266. The van der Waals surface area contributed by atoms with Gasteiger partial charge in [0.15, 0.2) is 0 Å². The van der Waals surface area contributed by atoms with E-state index in [4.69, 9.17) is 16.3 Å². The van der Waals surface area contributed by atoms with Crippen LogP contribution in [0, 0.1) is 0 Å². The fourth-order valence-corrected chi connectivity index (χ4v) is 3.03. The highest BCUT2D eigenvalue weighted by molar-refractivity contribution is 6.30. The first kappa shape index (κ1) is 17.5. The van der Waals surface area contributed by atoms with Gasteiger partial charge in [0, 0.05) is 10.7 Å². The highest BCUT2D eigenvalue weighted by atomic mass is 35.5. The Kier molecular flexibility index (Phi) is 5.38. The van der Waals surface area contributed by atoms with E-state index in [2.05, 4.69) is 22.3 Å². The zero-order valence-electron chi connectivity index (χ0n) is 14.3. The van der Waals surface area contributed by atoms with Crippen molar-refractivity contribution in [2.75, 3.05) is 11.9 Å². The first-order valence-electron chi connectivity index (χ1n) is 8.41. The molecule has 2 aromatic rings. The molecule has 0 saturated carbocycles. The van der Waals surface area contributed by atoms with Gasteiger partial charge in [0.1, 0.15) is 12.4 Å². The predicted octanol–water partition coefficient (Wildman–Crippen LogP) is 3.95. The molecule has 1 atom stereocenters. The SMILES string of the molecule is CCCCCOC(=O)C1=C(C)Nc2ncnn2[C@H]1c1ccc(Cl)cc1. The van der Waals surface area contributed by atoms with E-state index >= 15 is 0 Å². The molecule has 1 aliphatic rings. The summed E-state index contributed by atoms with van der Waals surface area (Å²) in [6.07, 6.45) is 4.45. The Labute approximate surface area is 151 Å². The monoisotopic (exact) mass is 360 g/mol. The second-order valence-corrected chi connectivity index (χ2v) is 6.43. The summed E-state index contributed by atoms with van der Waals surface area (Å²) in [6, 6.07) is 6.99. The lowest BCUT2D eigenvalue weighted by molar-refractivity contribution is -0.139. The Morgan fingerprint density at radius 2 is 2.08 bits per heavy atom. The van der Waals surface area contributed by atoms with Crippen LogP contribution in [-0.2, 0) is 9.53 Å². The van der Waals surface area contributed by atoms with E-state index in [0.717, 1.165) is 30.5 Å². The zero-order valence-corrected chi connectivity index (χ0v) is 15.1. The largest absolute Gasteiger partial charge is 0.462 e. The summed E-state index contributed by atoms with van der Waals surface area (Å²) < 4.78 is 7.19. The number of carbonyl (C=O) groups excluding carboxylic acids is 1. The lowest BCUT2D eigenvalue weighted by Gasteiger charge is -2.28. The first-order chi connectivity index (χ1) is 12.1. The number of hydrogen-bond donors (Lipinski definition) is 1. The smallest absolute Gasteiger partial charge is 0.338 e. The number of esters is 1. The molecule has 0 saturated heterocycles. The molecule has 1 N–H and O–H groups in total. The summed E-state index contributed by atoms with van der Waals surface area (Å²) >= 11 is 6.00. The van der Waals surface area contributed by atoms with Crippen molar-refractivity contribution < 1.29 is 9.53 Å². The lowest BCUT2D eigenvalue weighted by Crippen LogP contribution is -2.29. The molecule has 2 heterocycles. The van der Waals surface area contributed by atoms with Crippen LogP contribution in [0.25, 0.3) is 0 Å². The van der Waals surface area contributed by atoms with Crippen LogP contribution >= 0.6 is 11.6 Å². The Hall–Kier alpha value is -2.34. The minimum absolute atomic E-state index is 0.331. The first-order valence-corrected chi connectivity index (χ1v) is 8.79. The van der Waals surface area contributed by atoms with Crippen LogP contribution in [0.3, 0.4) is 0 Å². The molecule has 0 radical (unpaired) electrons. The number of carbonyl (C=O) groups is 1. The van der Waals surface area contributed by atoms with E-state index in [1.807, 2.05) is 19.1 Å². The number of anilines is 1. The van der Waals surface area contributed by atoms with Crippen molar-refractivity contribution in [3.8, 4) is 0 Å². The van der Waals surface area contributed by atoms with Crippen molar-refractivity contribution in [1.82, 2.24) is 14.8 Å². The standard InChI is InChI=1S/C18H21ClN4O2/c1-3-4-5-10-25-17(24)15-12(2)22-18-20-11-21-23(18)16(15)13-6-8-14(19)9-7-13/h6-9,11,16H,3-5,10H2,1-2H3,(H,20,21,22)/t16-/m0/s1. The second-order valence-electron chi connectivity index (χ2n) is 5.99. The van der Waals surface area contributed by atoms with Crippen LogP contribution in [0.5, 0.6) is 0 Å². The van der Waals surface area contributed by atoms with Crippen molar-refractivity contribution in [1.29, 1.82) is 0 Å². The van der Waals surface area contributed by atoms with Crippen molar-refractivity contribution in [3.63, 3.8) is 0 Å². The van der Waals surface area contributed by atoms with Gasteiger partial charge in [-0.2, -0.15) is 10.1 Å². The Bertz CT molecular complexity index is 783. The van der Waals surface area contributed by atoms with Gasteiger partial charge in [-0.05, 0) is 31.0 Å². The molecule has 0 aliphatic carbocycles. The average molecular weight is 361 g/mol. The number of nitrogens with zero attached hydrogens (tertiary/aromatic N) is 3. The quantitative estimate of drug-likeness (QED) is 0.624. The van der Waals surface area contributed by atoms with Crippen LogP contribution in [0.4, 0.5) is 5.95 Å². The molecule has 25 heavy (non-hydrogen) atoms. The summed E-state index contributed by atoms with van der Waals surface area (Å²) in [7, 11) is 0. The summed E-state index contributed by atoms with van der Waals surface area (Å²) in [5.41, 5.74) is 2.16. The van der Waals surface area contributed by atoms with Crippen molar-refractivity contribution in [2.24, 2.45) is 0 Å². The maximum absolute atomic E-state index is 12.7. The number of hydrogen-bond acceptors (Lipinski definition) is 5. The number of aromatic nitrogens is 3. The third kappa shape index (κ3) is 3.69. The van der Waals surface area contributed by atoms with E-state index < -0.39 is 6.04 Å². The van der Waals surface area contributed by atoms with Crippen LogP contribution < -0.4 is 5.32 Å². The second kappa shape index (κ2) is 7.70. The van der Waals surface area contributed by atoms with E-state index in [-0.39, 0.29) is 5.97 Å². The van der Waals surface area contributed by atoms with Crippen LogP contribution in [0.2, 0.25) is 5.02 Å². The minimum atomic E-state index is -0.394. The molecular weight excluding hydrogens is 340 g/mol. The molecule has 1 aromatic heterocycles. The molecular formula is C18H21ClN4O2. The third-order valence-electron chi connectivity index (χ3n) is 4.18. The van der Waals surface area contributed by atoms with Gasteiger partial charge in [-0.25, -0.2) is 9.48 Å². The molecule has 0 spiro atoms. The maximum Gasteiger partial charge on any atom is 0.338 e. The highest BCUT2D eigenvalue weighted by Gasteiger charge is 2.34. The zero-order chi connectivity index (χ0) is 17.8. The van der Waals surface area contributed by atoms with E-state index in [0.29, 0.717) is 23.2 Å². The van der Waals surface area contributed by atoms with Gasteiger partial charge >= 0.3 is 5.97 Å². The molecule has 132 valence electrons. The number of benzene rings is 1. The molecule has 7 heteroatoms. The number of allylic oxidation sites excluding steroid dienone is 1. The minimum Gasteiger partial charge on any atom is -0.462 e. The van der Waals surface area contributed by atoms with Gasteiger partial charge in [-0.3, -0.25) is 0 Å². The highest BCUT2D eigenvalue weighted by Crippen LogP contribution is 2.35. The van der Waals surface area contributed by atoms with Crippen LogP contribution in [0.15, 0.2) is 41.9 Å². The van der Waals surface area contributed by atoms with Gasteiger partial charge in [0.25, 0.3) is 0 Å². The number of unbranched alkanes of at least 4 members (excludes halogenated alkanes) is 2. The van der Waals surface area contributed by atoms with Gasteiger partial charge in [-0.15, -0.1) is 0 Å². The molecule has 1 aliphatic heterocycles. The van der Waals surface area contributed by atoms with Gasteiger partial charge in [0.2, 0.25) is 5.95 Å². The van der Waals surface area contributed by atoms with E-state index in [9.17, 15) is 4.79 Å².